The van der Waals surface area contributed by atoms with Gasteiger partial charge in [-0.3, -0.25) is 19.8 Å². The summed E-state index contributed by atoms with van der Waals surface area (Å²) in [5.74, 6) is -1.42. The summed E-state index contributed by atoms with van der Waals surface area (Å²) in [6.45, 7) is 0. The van der Waals surface area contributed by atoms with E-state index in [0.29, 0.717) is 11.6 Å². The fourth-order valence-corrected chi connectivity index (χ4v) is 2.76. The Labute approximate surface area is 155 Å². The number of rotatable bonds is 6. The maximum Gasteiger partial charge on any atom is 0.292 e. The first-order chi connectivity index (χ1) is 12.3. The number of Topliss-reactive ketones (excluding diaryl/α,β-unsaturated/α-hetero) is 1. The van der Waals surface area contributed by atoms with E-state index in [-0.39, 0.29) is 10.9 Å². The van der Waals surface area contributed by atoms with E-state index in [1.807, 2.05) is 5.43 Å². The van der Waals surface area contributed by atoms with Crippen molar-refractivity contribution in [2.75, 3.05) is 5.32 Å². The van der Waals surface area contributed by atoms with Gasteiger partial charge in [0, 0.05) is 10.5 Å². The lowest BCUT2D eigenvalue weighted by atomic mass is 9.94. The van der Waals surface area contributed by atoms with Crippen LogP contribution in [-0.4, -0.2) is 17.6 Å². The van der Waals surface area contributed by atoms with Crippen LogP contribution in [0.1, 0.15) is 5.56 Å². The Morgan fingerprint density at radius 3 is 2.35 bits per heavy atom. The van der Waals surface area contributed by atoms with Crippen molar-refractivity contribution in [2.24, 2.45) is 11.8 Å². The summed E-state index contributed by atoms with van der Waals surface area (Å²) in [7, 11) is 0. The van der Waals surface area contributed by atoms with Crippen molar-refractivity contribution >= 4 is 39.2 Å². The van der Waals surface area contributed by atoms with E-state index in [4.69, 9.17) is 5.84 Å². The van der Waals surface area contributed by atoms with Gasteiger partial charge in [0.2, 0.25) is 11.7 Å². The topological polar surface area (TPSA) is 101 Å². The van der Waals surface area contributed by atoms with Crippen LogP contribution in [-0.2, 0) is 20.8 Å². The lowest BCUT2D eigenvalue weighted by Crippen LogP contribution is -2.44. The molecule has 0 spiro atoms. The van der Waals surface area contributed by atoms with Crippen molar-refractivity contribution in [3.63, 3.8) is 0 Å². The summed E-state index contributed by atoms with van der Waals surface area (Å²) in [5.41, 5.74) is 2.07. The smallest absolute Gasteiger partial charge is 0.292 e. The van der Waals surface area contributed by atoms with E-state index in [1.165, 1.54) is 0 Å². The molecule has 9 heteroatoms. The van der Waals surface area contributed by atoms with Crippen LogP contribution in [0.2, 0.25) is 0 Å². The second-order valence-corrected chi connectivity index (χ2v) is 6.17. The average molecular weight is 426 g/mol. The largest absolute Gasteiger partial charge is 0.316 e. The predicted octanol–water partition coefficient (Wildman–Crippen LogP) is 2.08. The van der Waals surface area contributed by atoms with Gasteiger partial charge in [0.05, 0.1) is 5.69 Å². The second kappa shape index (κ2) is 8.63. The van der Waals surface area contributed by atoms with Gasteiger partial charge < -0.3 is 5.32 Å². The minimum atomic E-state index is -1.40. The van der Waals surface area contributed by atoms with Crippen LogP contribution in [0.15, 0.2) is 46.9 Å². The second-order valence-electron chi connectivity index (χ2n) is 5.31. The van der Waals surface area contributed by atoms with Gasteiger partial charge in [0.15, 0.2) is 5.82 Å². The lowest BCUT2D eigenvalue weighted by molar-refractivity contribution is -0.142. The number of benzene rings is 2. The molecule has 2 amide bonds. The number of amides is 2. The average Bonchev–Trinajstić information content (AvgIpc) is 2.62. The van der Waals surface area contributed by atoms with Gasteiger partial charge in [-0.2, -0.15) is 0 Å². The summed E-state index contributed by atoms with van der Waals surface area (Å²) >= 11 is 2.90. The highest BCUT2D eigenvalue weighted by Crippen LogP contribution is 2.27. The number of hydrazine groups is 1. The molecule has 0 bridgehead atoms. The molecule has 0 aliphatic carbocycles. The molecule has 0 saturated heterocycles. The molecule has 0 radical (unpaired) electrons. The molecule has 2 aromatic rings. The van der Waals surface area contributed by atoms with E-state index < -0.39 is 40.8 Å². The van der Waals surface area contributed by atoms with Crippen LogP contribution >= 0.6 is 15.9 Å². The number of anilines is 1. The Balaban J connectivity index is 2.22. The summed E-state index contributed by atoms with van der Waals surface area (Å²) in [6, 6.07) is 10.0. The van der Waals surface area contributed by atoms with Crippen LogP contribution in [0.5, 0.6) is 0 Å². The third-order valence-corrected chi connectivity index (χ3v) is 4.15. The summed E-state index contributed by atoms with van der Waals surface area (Å²) in [5, 5.41) is 2.05. The zero-order valence-electron chi connectivity index (χ0n) is 13.3. The fourth-order valence-electron chi connectivity index (χ4n) is 2.25. The molecule has 0 aromatic heterocycles. The Morgan fingerprint density at radius 1 is 1.12 bits per heavy atom. The first-order valence-corrected chi connectivity index (χ1v) is 8.17. The Hall–Kier alpha value is -2.65. The van der Waals surface area contributed by atoms with Crippen LogP contribution in [0.25, 0.3) is 0 Å². The summed E-state index contributed by atoms with van der Waals surface area (Å²) in [6.07, 6.45) is -0.0663. The summed E-state index contributed by atoms with van der Waals surface area (Å²) in [4.78, 5) is 36.5. The maximum absolute atomic E-state index is 13.8. The van der Waals surface area contributed by atoms with Crippen LogP contribution in [0.4, 0.5) is 14.5 Å². The standard InChI is InChI=1S/C17H14BrF2N3O3/c18-12-7-10(19)8-13(20)14(12)22-17(26)15(24)11(16(25)23-21)6-9-4-2-1-3-5-9/h1-5,7-8,11H,6,21H2,(H,22,26)(H,23,25)/t11-/m0/s1. The number of nitrogens with one attached hydrogen (secondary N) is 2. The molecule has 26 heavy (non-hydrogen) atoms. The fraction of sp³-hybridized carbons (Fsp3) is 0.118. The highest BCUT2D eigenvalue weighted by Gasteiger charge is 2.32. The SMILES string of the molecule is NNC(=O)[C@@H](Cc1ccccc1)C(=O)C(=O)Nc1c(F)cc(F)cc1Br. The van der Waals surface area contributed by atoms with Gasteiger partial charge >= 0.3 is 0 Å². The molecule has 0 saturated carbocycles. The molecule has 4 N–H and O–H groups in total. The molecular weight excluding hydrogens is 412 g/mol. The molecule has 6 nitrogen and oxygen atoms in total. The Morgan fingerprint density at radius 2 is 1.77 bits per heavy atom. The van der Waals surface area contributed by atoms with Crippen LogP contribution < -0.4 is 16.6 Å². The van der Waals surface area contributed by atoms with E-state index in [2.05, 4.69) is 21.2 Å². The van der Waals surface area contributed by atoms with Crippen molar-refractivity contribution in [1.29, 1.82) is 0 Å². The predicted molar refractivity (Wildman–Crippen MR) is 93.7 cm³/mol. The maximum atomic E-state index is 13.8. The minimum absolute atomic E-state index is 0.0663. The normalized spacial score (nSPS) is 11.5. The molecule has 0 fully saturated rings. The summed E-state index contributed by atoms with van der Waals surface area (Å²) < 4.78 is 26.8. The van der Waals surface area contributed by atoms with Gasteiger partial charge in [-0.1, -0.05) is 30.3 Å². The molecule has 0 aliphatic heterocycles. The molecule has 0 aliphatic rings. The molecular formula is C17H14BrF2N3O3. The van der Waals surface area contributed by atoms with Gasteiger partial charge in [-0.05, 0) is 34.0 Å². The first kappa shape index (κ1) is 19.7. The third kappa shape index (κ3) is 4.70. The molecule has 136 valence electrons. The van der Waals surface area contributed by atoms with E-state index in [0.717, 1.165) is 6.07 Å². The van der Waals surface area contributed by atoms with Gasteiger partial charge in [-0.25, -0.2) is 14.6 Å². The molecule has 2 rings (SSSR count). The number of hydrogen-bond acceptors (Lipinski definition) is 4. The Kier molecular flexibility index (Phi) is 6.53. The van der Waals surface area contributed by atoms with Crippen molar-refractivity contribution in [1.82, 2.24) is 5.43 Å². The number of nitrogens with two attached hydrogens (primary N) is 1. The van der Waals surface area contributed by atoms with Gasteiger partial charge in [0.25, 0.3) is 5.91 Å². The van der Waals surface area contributed by atoms with Gasteiger partial charge in [-0.15, -0.1) is 0 Å². The monoisotopic (exact) mass is 425 g/mol. The van der Waals surface area contributed by atoms with E-state index in [1.54, 1.807) is 30.3 Å². The molecule has 0 heterocycles. The molecule has 1 atom stereocenters. The highest BCUT2D eigenvalue weighted by molar-refractivity contribution is 9.10. The highest BCUT2D eigenvalue weighted by atomic mass is 79.9. The van der Waals surface area contributed by atoms with Gasteiger partial charge in [0.1, 0.15) is 11.7 Å². The van der Waals surface area contributed by atoms with E-state index >= 15 is 0 Å². The lowest BCUT2D eigenvalue weighted by Gasteiger charge is -2.15. The molecule has 0 unspecified atom stereocenters. The van der Waals surface area contributed by atoms with Crippen LogP contribution in [0, 0.1) is 17.6 Å². The zero-order chi connectivity index (χ0) is 19.3. The number of halogens is 3. The van der Waals surface area contributed by atoms with Crippen molar-refractivity contribution in [2.45, 2.75) is 6.42 Å². The van der Waals surface area contributed by atoms with Crippen molar-refractivity contribution in [3.8, 4) is 0 Å². The Bertz CT molecular complexity index is 823. The van der Waals surface area contributed by atoms with Crippen molar-refractivity contribution in [3.05, 3.63) is 64.1 Å². The van der Waals surface area contributed by atoms with Crippen LogP contribution in [0.3, 0.4) is 0 Å². The quantitative estimate of drug-likeness (QED) is 0.217. The molecule has 2 aromatic carbocycles. The number of carbonyl (C=O) groups excluding carboxylic acids is 3. The zero-order valence-corrected chi connectivity index (χ0v) is 14.8. The van der Waals surface area contributed by atoms with E-state index in [9.17, 15) is 23.2 Å². The minimum Gasteiger partial charge on any atom is -0.316 e. The third-order valence-electron chi connectivity index (χ3n) is 3.53. The van der Waals surface area contributed by atoms with Crippen molar-refractivity contribution < 1.29 is 23.2 Å². The number of hydrogen-bond donors (Lipinski definition) is 3. The number of carbonyl (C=O) groups is 3. The first-order valence-electron chi connectivity index (χ1n) is 7.37. The number of ketones is 1.